The highest BCUT2D eigenvalue weighted by atomic mass is 35.5. The summed E-state index contributed by atoms with van der Waals surface area (Å²) >= 11 is 6.21. The summed E-state index contributed by atoms with van der Waals surface area (Å²) in [5.41, 5.74) is 4.52. The highest BCUT2D eigenvalue weighted by molar-refractivity contribution is 6.31. The van der Waals surface area contributed by atoms with Gasteiger partial charge in [0.1, 0.15) is 0 Å². The van der Waals surface area contributed by atoms with Crippen molar-refractivity contribution >= 4 is 34.3 Å². The summed E-state index contributed by atoms with van der Waals surface area (Å²) in [7, 11) is 0. The van der Waals surface area contributed by atoms with Crippen LogP contribution >= 0.6 is 11.6 Å². The van der Waals surface area contributed by atoms with Gasteiger partial charge >= 0.3 is 0 Å². The predicted molar refractivity (Wildman–Crippen MR) is 124 cm³/mol. The van der Waals surface area contributed by atoms with Gasteiger partial charge in [-0.1, -0.05) is 41.9 Å². The fourth-order valence-corrected chi connectivity index (χ4v) is 3.63. The van der Waals surface area contributed by atoms with Crippen molar-refractivity contribution < 1.29 is 5.11 Å². The molecule has 0 aliphatic carbocycles. The van der Waals surface area contributed by atoms with E-state index in [2.05, 4.69) is 4.99 Å². The molecule has 150 valence electrons. The van der Waals surface area contributed by atoms with E-state index in [9.17, 15) is 9.90 Å². The molecule has 0 saturated heterocycles. The number of aromatic hydroxyl groups is 1. The van der Waals surface area contributed by atoms with E-state index < -0.39 is 0 Å². The fraction of sp³-hybridized carbons (Fsp3) is 0.120. The summed E-state index contributed by atoms with van der Waals surface area (Å²) in [6.07, 6.45) is 1.59. The van der Waals surface area contributed by atoms with E-state index >= 15 is 0 Å². The van der Waals surface area contributed by atoms with Crippen LogP contribution in [0.15, 0.2) is 70.5 Å². The number of fused-ring (bicyclic) bond motifs is 1. The first-order chi connectivity index (χ1) is 14.4. The van der Waals surface area contributed by atoms with Crippen molar-refractivity contribution in [2.75, 3.05) is 0 Å². The summed E-state index contributed by atoms with van der Waals surface area (Å²) in [6.45, 7) is 5.88. The van der Waals surface area contributed by atoms with E-state index in [4.69, 9.17) is 11.6 Å². The number of pyridine rings is 1. The second-order valence-corrected chi connectivity index (χ2v) is 7.74. The Balaban J connectivity index is 1.99. The average molecular weight is 417 g/mol. The number of aliphatic imine (C=N–C) groups is 1. The van der Waals surface area contributed by atoms with Crippen LogP contribution in [0.3, 0.4) is 0 Å². The molecule has 3 aromatic carbocycles. The minimum atomic E-state index is -0.276. The van der Waals surface area contributed by atoms with Crippen molar-refractivity contribution in [3.8, 4) is 11.6 Å². The molecule has 4 rings (SSSR count). The Morgan fingerprint density at radius 2 is 1.67 bits per heavy atom. The van der Waals surface area contributed by atoms with E-state index in [1.165, 1.54) is 4.57 Å². The van der Waals surface area contributed by atoms with Gasteiger partial charge < -0.3 is 5.11 Å². The summed E-state index contributed by atoms with van der Waals surface area (Å²) in [5, 5.41) is 12.9. The molecule has 0 radical (unpaired) electrons. The number of rotatable bonds is 3. The lowest BCUT2D eigenvalue weighted by Gasteiger charge is -2.15. The van der Waals surface area contributed by atoms with E-state index in [0.29, 0.717) is 32.7 Å². The van der Waals surface area contributed by atoms with Gasteiger partial charge in [0, 0.05) is 22.0 Å². The molecule has 1 aromatic heterocycles. The summed E-state index contributed by atoms with van der Waals surface area (Å²) < 4.78 is 1.33. The quantitative estimate of drug-likeness (QED) is 0.415. The van der Waals surface area contributed by atoms with Crippen LogP contribution in [-0.2, 0) is 0 Å². The second-order valence-electron chi connectivity index (χ2n) is 7.33. The number of aryl methyl sites for hydroxylation is 2. The smallest absolute Gasteiger partial charge is 0.265 e. The molecule has 0 bridgehead atoms. The molecule has 1 heterocycles. The van der Waals surface area contributed by atoms with Crippen molar-refractivity contribution in [1.82, 2.24) is 4.57 Å². The van der Waals surface area contributed by atoms with E-state index in [0.717, 1.165) is 16.7 Å². The molecule has 5 heteroatoms. The zero-order valence-corrected chi connectivity index (χ0v) is 17.7. The van der Waals surface area contributed by atoms with E-state index in [1.807, 2.05) is 75.4 Å². The molecule has 0 amide bonds. The van der Waals surface area contributed by atoms with Gasteiger partial charge in [0.25, 0.3) is 5.56 Å². The van der Waals surface area contributed by atoms with Crippen LogP contribution in [0.25, 0.3) is 16.5 Å². The largest absolute Gasteiger partial charge is 0.494 e. The Morgan fingerprint density at radius 1 is 0.933 bits per heavy atom. The predicted octanol–water partition coefficient (Wildman–Crippen LogP) is 6.03. The normalized spacial score (nSPS) is 11.5. The van der Waals surface area contributed by atoms with Crippen molar-refractivity contribution in [3.63, 3.8) is 0 Å². The van der Waals surface area contributed by atoms with Gasteiger partial charge in [0.2, 0.25) is 5.88 Å². The number of aromatic nitrogens is 1. The first kappa shape index (κ1) is 19.9. The number of halogens is 1. The van der Waals surface area contributed by atoms with Crippen molar-refractivity contribution in [3.05, 3.63) is 98.3 Å². The topological polar surface area (TPSA) is 54.6 Å². The summed E-state index contributed by atoms with van der Waals surface area (Å²) in [5.74, 6) is -0.148. The average Bonchev–Trinajstić information content (AvgIpc) is 2.73. The number of nitrogens with zero attached hydrogens (tertiary/aromatic N) is 2. The molecule has 1 N–H and O–H groups in total. The Hall–Kier alpha value is -3.37. The van der Waals surface area contributed by atoms with Gasteiger partial charge in [-0.3, -0.25) is 9.79 Å². The molecule has 4 aromatic rings. The van der Waals surface area contributed by atoms with Crippen LogP contribution < -0.4 is 5.56 Å². The molecular formula is C25H21ClN2O2. The first-order valence-electron chi connectivity index (χ1n) is 9.62. The highest BCUT2D eigenvalue weighted by Crippen LogP contribution is 2.29. The zero-order valence-electron chi connectivity index (χ0n) is 17.0. The zero-order chi connectivity index (χ0) is 21.4. The third-order valence-electron chi connectivity index (χ3n) is 5.42. The lowest BCUT2D eigenvalue weighted by atomic mass is 10.1. The van der Waals surface area contributed by atoms with Crippen LogP contribution in [0, 0.1) is 20.8 Å². The maximum absolute atomic E-state index is 13.2. The molecule has 0 atom stereocenters. The Bertz CT molecular complexity index is 1370. The first-order valence-corrected chi connectivity index (χ1v) is 10.00. The number of hydrogen-bond acceptors (Lipinski definition) is 3. The number of hydrogen-bond donors (Lipinski definition) is 1. The molecule has 4 nitrogen and oxygen atoms in total. The van der Waals surface area contributed by atoms with Gasteiger partial charge in [-0.25, -0.2) is 4.57 Å². The van der Waals surface area contributed by atoms with Crippen LogP contribution in [0.2, 0.25) is 5.02 Å². The third kappa shape index (κ3) is 3.40. The molecule has 0 aliphatic rings. The maximum atomic E-state index is 13.2. The van der Waals surface area contributed by atoms with E-state index in [-0.39, 0.29) is 11.4 Å². The molecule has 0 fully saturated rings. The van der Waals surface area contributed by atoms with Gasteiger partial charge in [0.15, 0.2) is 0 Å². The van der Waals surface area contributed by atoms with E-state index in [1.54, 1.807) is 12.3 Å². The minimum absolute atomic E-state index is 0.148. The van der Waals surface area contributed by atoms with Gasteiger partial charge in [-0.2, -0.15) is 0 Å². The van der Waals surface area contributed by atoms with Crippen molar-refractivity contribution in [2.24, 2.45) is 4.99 Å². The standard InChI is InChI=1S/C25H21ClN2O2/c1-15-11-12-18(13-16(15)2)28-24(29)20-8-5-4-7-19(20)21(25(28)30)14-27-23-10-6-9-22(26)17(23)3/h4-14,30H,1-3H3. The van der Waals surface area contributed by atoms with Crippen molar-refractivity contribution in [1.29, 1.82) is 0 Å². The SMILES string of the molecule is Cc1ccc(-n2c(O)c(C=Nc3cccc(Cl)c3C)c3ccccc3c2=O)cc1C. The lowest BCUT2D eigenvalue weighted by Crippen LogP contribution is -2.20. The Morgan fingerprint density at radius 3 is 2.40 bits per heavy atom. The second kappa shape index (κ2) is 7.81. The molecular weight excluding hydrogens is 396 g/mol. The fourth-order valence-electron chi connectivity index (χ4n) is 3.46. The summed E-state index contributed by atoms with van der Waals surface area (Å²) in [6, 6.07) is 18.4. The molecule has 0 unspecified atom stereocenters. The monoisotopic (exact) mass is 416 g/mol. The van der Waals surface area contributed by atoms with Crippen LogP contribution in [-0.4, -0.2) is 15.9 Å². The molecule has 0 spiro atoms. The minimum Gasteiger partial charge on any atom is -0.494 e. The summed E-state index contributed by atoms with van der Waals surface area (Å²) in [4.78, 5) is 17.8. The highest BCUT2D eigenvalue weighted by Gasteiger charge is 2.16. The third-order valence-corrected chi connectivity index (χ3v) is 5.83. The Kier molecular flexibility index (Phi) is 5.18. The molecule has 30 heavy (non-hydrogen) atoms. The maximum Gasteiger partial charge on any atom is 0.265 e. The lowest BCUT2D eigenvalue weighted by molar-refractivity contribution is 0.436. The van der Waals surface area contributed by atoms with Gasteiger partial charge in [0.05, 0.1) is 16.9 Å². The van der Waals surface area contributed by atoms with Crippen LogP contribution in [0.4, 0.5) is 5.69 Å². The van der Waals surface area contributed by atoms with Crippen molar-refractivity contribution in [2.45, 2.75) is 20.8 Å². The van der Waals surface area contributed by atoms with Crippen LogP contribution in [0.5, 0.6) is 5.88 Å². The van der Waals surface area contributed by atoms with Gasteiger partial charge in [-0.05, 0) is 67.8 Å². The van der Waals surface area contributed by atoms with Crippen LogP contribution in [0.1, 0.15) is 22.3 Å². The Labute approximate surface area is 179 Å². The molecule has 0 aliphatic heterocycles. The number of benzene rings is 3. The van der Waals surface area contributed by atoms with Gasteiger partial charge in [-0.15, -0.1) is 0 Å². The molecule has 0 saturated carbocycles.